The lowest BCUT2D eigenvalue weighted by atomic mass is 10.2. The monoisotopic (exact) mass is 206 g/mol. The third-order valence-electron chi connectivity index (χ3n) is 2.95. The summed E-state index contributed by atoms with van der Waals surface area (Å²) >= 11 is 0. The molecule has 2 rings (SSSR count). The van der Waals surface area contributed by atoms with Gasteiger partial charge in [0.05, 0.1) is 6.54 Å². The topological polar surface area (TPSA) is 41.0 Å². The summed E-state index contributed by atoms with van der Waals surface area (Å²) in [5, 5.41) is 3.41. The zero-order chi connectivity index (χ0) is 10.5. The molecule has 1 unspecified atom stereocenters. The van der Waals surface area contributed by atoms with Gasteiger partial charge in [0, 0.05) is 25.0 Å². The number of hydrogen-bond acceptors (Lipinski definition) is 4. The molecule has 4 heteroatoms. The normalized spacial score (nSPS) is 22.1. The summed E-state index contributed by atoms with van der Waals surface area (Å²) in [6.45, 7) is 3.04. The summed E-state index contributed by atoms with van der Waals surface area (Å²) in [6.07, 6.45) is 6.20. The zero-order valence-electron chi connectivity index (χ0n) is 9.19. The lowest BCUT2D eigenvalue weighted by molar-refractivity contribution is 0.299. The van der Waals surface area contributed by atoms with Crippen molar-refractivity contribution in [1.82, 2.24) is 20.2 Å². The highest BCUT2D eigenvalue weighted by Crippen LogP contribution is 2.13. The molecular weight excluding hydrogens is 188 g/mol. The van der Waals surface area contributed by atoms with Crippen LogP contribution in [0.4, 0.5) is 0 Å². The zero-order valence-corrected chi connectivity index (χ0v) is 9.19. The van der Waals surface area contributed by atoms with Gasteiger partial charge in [-0.2, -0.15) is 0 Å². The molecule has 4 nitrogen and oxygen atoms in total. The molecule has 82 valence electrons. The summed E-state index contributed by atoms with van der Waals surface area (Å²) in [5.74, 6) is 0.873. The molecule has 1 fully saturated rings. The average molecular weight is 206 g/mol. The van der Waals surface area contributed by atoms with Gasteiger partial charge in [-0.1, -0.05) is 0 Å². The van der Waals surface area contributed by atoms with Crippen LogP contribution in [0.15, 0.2) is 18.5 Å². The Balaban J connectivity index is 1.71. The minimum Gasteiger partial charge on any atom is -0.308 e. The first kappa shape index (κ1) is 10.5. The number of hydrogen-bond donors (Lipinski definition) is 1. The van der Waals surface area contributed by atoms with Crippen molar-refractivity contribution in [2.75, 3.05) is 20.1 Å². The van der Waals surface area contributed by atoms with E-state index in [4.69, 9.17) is 0 Å². The van der Waals surface area contributed by atoms with E-state index < -0.39 is 0 Å². The van der Waals surface area contributed by atoms with E-state index in [-0.39, 0.29) is 0 Å². The van der Waals surface area contributed by atoms with Gasteiger partial charge in [-0.25, -0.2) is 9.97 Å². The minimum atomic E-state index is 0.689. The molecule has 0 spiro atoms. The molecule has 1 atom stereocenters. The molecule has 1 saturated heterocycles. The van der Waals surface area contributed by atoms with Gasteiger partial charge in [-0.15, -0.1) is 0 Å². The molecule has 0 aromatic carbocycles. The summed E-state index contributed by atoms with van der Waals surface area (Å²) in [6, 6.07) is 2.53. The number of nitrogens with one attached hydrogen (secondary N) is 1. The highest BCUT2D eigenvalue weighted by atomic mass is 15.2. The van der Waals surface area contributed by atoms with E-state index in [1.165, 1.54) is 19.4 Å². The summed E-state index contributed by atoms with van der Waals surface area (Å²) < 4.78 is 0. The van der Waals surface area contributed by atoms with Crippen molar-refractivity contribution in [2.24, 2.45) is 0 Å². The van der Waals surface area contributed by atoms with Crippen LogP contribution < -0.4 is 5.32 Å². The number of nitrogens with zero attached hydrogens (tertiary/aromatic N) is 3. The van der Waals surface area contributed by atoms with Crippen LogP contribution in [0, 0.1) is 0 Å². The molecule has 0 radical (unpaired) electrons. The van der Waals surface area contributed by atoms with Gasteiger partial charge in [0.25, 0.3) is 0 Å². The van der Waals surface area contributed by atoms with Gasteiger partial charge in [0.1, 0.15) is 5.82 Å². The molecule has 2 heterocycles. The second-order valence-corrected chi connectivity index (χ2v) is 4.07. The van der Waals surface area contributed by atoms with E-state index in [2.05, 4.69) is 27.2 Å². The molecule has 1 aromatic heterocycles. The first-order chi connectivity index (χ1) is 7.36. The van der Waals surface area contributed by atoms with Crippen molar-refractivity contribution in [3.8, 4) is 0 Å². The van der Waals surface area contributed by atoms with Crippen molar-refractivity contribution in [3.05, 3.63) is 24.3 Å². The standard InChI is InChI=1S/C11H18N4/c1-15-7-2-4-10(15)8-12-9-11-13-5-3-6-14-11/h3,5-6,10,12H,2,4,7-9H2,1H3. The number of rotatable bonds is 4. The molecule has 1 aromatic rings. The summed E-state index contributed by atoms with van der Waals surface area (Å²) in [7, 11) is 2.19. The Labute approximate surface area is 90.7 Å². The van der Waals surface area contributed by atoms with Crippen LogP contribution in [-0.2, 0) is 6.54 Å². The van der Waals surface area contributed by atoms with Gasteiger partial charge in [-0.3, -0.25) is 0 Å². The number of likely N-dealkylation sites (N-methyl/N-ethyl adjacent to an activating group) is 1. The van der Waals surface area contributed by atoms with E-state index in [0.717, 1.165) is 18.9 Å². The van der Waals surface area contributed by atoms with Crippen molar-refractivity contribution < 1.29 is 0 Å². The summed E-state index contributed by atoms with van der Waals surface area (Å²) in [5.41, 5.74) is 0. The SMILES string of the molecule is CN1CCCC1CNCc1ncccn1. The Kier molecular flexibility index (Phi) is 3.64. The average Bonchev–Trinajstić information content (AvgIpc) is 2.66. The lowest BCUT2D eigenvalue weighted by Gasteiger charge is -2.19. The number of likely N-dealkylation sites (tertiary alicyclic amines) is 1. The summed E-state index contributed by atoms with van der Waals surface area (Å²) in [4.78, 5) is 10.8. The van der Waals surface area contributed by atoms with Gasteiger partial charge in [-0.05, 0) is 32.5 Å². The number of aromatic nitrogens is 2. The largest absolute Gasteiger partial charge is 0.308 e. The molecule has 0 saturated carbocycles. The maximum atomic E-state index is 4.17. The van der Waals surface area contributed by atoms with Gasteiger partial charge < -0.3 is 10.2 Å². The fourth-order valence-corrected chi connectivity index (χ4v) is 2.01. The van der Waals surface area contributed by atoms with E-state index in [1.54, 1.807) is 12.4 Å². The maximum Gasteiger partial charge on any atom is 0.141 e. The van der Waals surface area contributed by atoms with Crippen LogP contribution in [0.25, 0.3) is 0 Å². The van der Waals surface area contributed by atoms with E-state index in [0.29, 0.717) is 6.04 Å². The van der Waals surface area contributed by atoms with Crippen molar-refractivity contribution >= 4 is 0 Å². The van der Waals surface area contributed by atoms with Gasteiger partial charge in [0.15, 0.2) is 0 Å². The van der Waals surface area contributed by atoms with Gasteiger partial charge >= 0.3 is 0 Å². The minimum absolute atomic E-state index is 0.689. The van der Waals surface area contributed by atoms with Crippen LogP contribution in [-0.4, -0.2) is 41.0 Å². The Morgan fingerprint density at radius 1 is 1.47 bits per heavy atom. The van der Waals surface area contributed by atoms with Crippen molar-refractivity contribution in [1.29, 1.82) is 0 Å². The molecule has 1 aliphatic rings. The van der Waals surface area contributed by atoms with Crippen LogP contribution in [0.5, 0.6) is 0 Å². The third kappa shape index (κ3) is 2.97. The molecule has 0 amide bonds. The fraction of sp³-hybridized carbons (Fsp3) is 0.636. The Bertz CT molecular complexity index is 288. The van der Waals surface area contributed by atoms with Crippen molar-refractivity contribution in [2.45, 2.75) is 25.4 Å². The van der Waals surface area contributed by atoms with Gasteiger partial charge in [0.2, 0.25) is 0 Å². The molecule has 15 heavy (non-hydrogen) atoms. The first-order valence-corrected chi connectivity index (χ1v) is 5.53. The molecule has 0 bridgehead atoms. The van der Waals surface area contributed by atoms with E-state index in [9.17, 15) is 0 Å². The molecule has 0 aliphatic carbocycles. The van der Waals surface area contributed by atoms with Crippen LogP contribution in [0.2, 0.25) is 0 Å². The third-order valence-corrected chi connectivity index (χ3v) is 2.95. The van der Waals surface area contributed by atoms with E-state index in [1.807, 2.05) is 6.07 Å². The smallest absolute Gasteiger partial charge is 0.141 e. The van der Waals surface area contributed by atoms with E-state index >= 15 is 0 Å². The Hall–Kier alpha value is -1.00. The lowest BCUT2D eigenvalue weighted by Crippen LogP contribution is -2.35. The fourth-order valence-electron chi connectivity index (χ4n) is 2.01. The quantitative estimate of drug-likeness (QED) is 0.786. The first-order valence-electron chi connectivity index (χ1n) is 5.53. The second-order valence-electron chi connectivity index (χ2n) is 4.07. The Morgan fingerprint density at radius 2 is 2.27 bits per heavy atom. The maximum absolute atomic E-state index is 4.17. The van der Waals surface area contributed by atoms with Crippen LogP contribution >= 0.6 is 0 Å². The highest BCUT2D eigenvalue weighted by Gasteiger charge is 2.19. The van der Waals surface area contributed by atoms with Crippen LogP contribution in [0.1, 0.15) is 18.7 Å². The molecule has 1 aliphatic heterocycles. The predicted molar refractivity (Wildman–Crippen MR) is 59.4 cm³/mol. The van der Waals surface area contributed by atoms with Crippen LogP contribution in [0.3, 0.4) is 0 Å². The molecular formula is C11H18N4. The molecule has 1 N–H and O–H groups in total. The second kappa shape index (κ2) is 5.19. The predicted octanol–water partition coefficient (Wildman–Crippen LogP) is 0.660. The Morgan fingerprint density at radius 3 is 2.93 bits per heavy atom. The highest BCUT2D eigenvalue weighted by molar-refractivity contribution is 4.88. The van der Waals surface area contributed by atoms with Crippen molar-refractivity contribution in [3.63, 3.8) is 0 Å².